The molecule has 5 N–H and O–H groups in total. The minimum absolute atomic E-state index is 0.0318. The molecule has 0 amide bonds. The number of hydrogen-bond acceptors (Lipinski definition) is 3. The van der Waals surface area contributed by atoms with Crippen molar-refractivity contribution in [1.29, 1.82) is 0 Å². The van der Waals surface area contributed by atoms with Gasteiger partial charge >= 0.3 is 0 Å². The number of aliphatic hydroxyl groups is 1. The molecule has 0 bridgehead atoms. The Hall–Kier alpha value is -1.46. The monoisotopic (exact) mass is 228 g/mol. The molecule has 0 spiro atoms. The van der Waals surface area contributed by atoms with Crippen molar-refractivity contribution >= 4 is 0 Å². The van der Waals surface area contributed by atoms with Crippen molar-refractivity contribution in [2.75, 3.05) is 0 Å². The van der Waals surface area contributed by atoms with Crippen molar-refractivity contribution in [1.82, 2.24) is 0 Å². The van der Waals surface area contributed by atoms with Crippen molar-refractivity contribution < 1.29 is 13.9 Å². The fourth-order valence-electron chi connectivity index (χ4n) is 1.39. The summed E-state index contributed by atoms with van der Waals surface area (Å²) in [7, 11) is 0. The smallest absolute Gasteiger partial charge is 0.126 e. The number of rotatable bonds is 4. The third-order valence-corrected chi connectivity index (χ3v) is 2.18. The lowest BCUT2D eigenvalue weighted by Crippen LogP contribution is -2.39. The average molecular weight is 228 g/mol. The van der Waals surface area contributed by atoms with E-state index >= 15 is 0 Å². The van der Waals surface area contributed by atoms with E-state index in [1.807, 2.05) is 0 Å². The van der Waals surface area contributed by atoms with E-state index in [9.17, 15) is 13.9 Å². The van der Waals surface area contributed by atoms with Crippen LogP contribution in [-0.2, 0) is 6.42 Å². The molecule has 0 aromatic heterocycles. The van der Waals surface area contributed by atoms with Crippen LogP contribution in [0.25, 0.3) is 0 Å². The molecule has 0 saturated heterocycles. The molecular weight excluding hydrogens is 214 g/mol. The SMILES string of the molecule is C=C(N)[C@@H](O)[C@@H](N)Cc1cc(F)cc(F)c1. The Morgan fingerprint density at radius 1 is 1.31 bits per heavy atom. The lowest BCUT2D eigenvalue weighted by Gasteiger charge is -2.18. The molecule has 3 nitrogen and oxygen atoms in total. The molecule has 0 aliphatic heterocycles. The second-order valence-corrected chi connectivity index (χ2v) is 3.67. The Labute approximate surface area is 92.4 Å². The molecule has 0 aliphatic rings. The van der Waals surface area contributed by atoms with Gasteiger partial charge in [0.15, 0.2) is 0 Å². The molecule has 0 radical (unpaired) electrons. The van der Waals surface area contributed by atoms with Crippen molar-refractivity contribution in [3.05, 3.63) is 47.7 Å². The van der Waals surface area contributed by atoms with Crippen molar-refractivity contribution in [2.24, 2.45) is 11.5 Å². The van der Waals surface area contributed by atoms with Gasteiger partial charge in [-0.3, -0.25) is 0 Å². The summed E-state index contributed by atoms with van der Waals surface area (Å²) >= 11 is 0. The lowest BCUT2D eigenvalue weighted by molar-refractivity contribution is 0.177. The fraction of sp³-hybridized carbons (Fsp3) is 0.273. The van der Waals surface area contributed by atoms with Gasteiger partial charge in [-0.25, -0.2) is 8.78 Å². The van der Waals surface area contributed by atoms with Crippen molar-refractivity contribution in [3.8, 4) is 0 Å². The molecule has 0 aliphatic carbocycles. The van der Waals surface area contributed by atoms with Gasteiger partial charge in [0.1, 0.15) is 17.7 Å². The fourth-order valence-corrected chi connectivity index (χ4v) is 1.39. The first-order valence-corrected chi connectivity index (χ1v) is 4.73. The number of nitrogens with two attached hydrogens (primary N) is 2. The summed E-state index contributed by atoms with van der Waals surface area (Å²) in [6.07, 6.45) is -0.974. The Kier molecular flexibility index (Phi) is 3.98. The second-order valence-electron chi connectivity index (χ2n) is 3.67. The van der Waals surface area contributed by atoms with E-state index in [2.05, 4.69) is 6.58 Å². The predicted octanol–water partition coefficient (Wildman–Crippen LogP) is 0.668. The van der Waals surface area contributed by atoms with Gasteiger partial charge in [0.2, 0.25) is 0 Å². The van der Waals surface area contributed by atoms with Crippen LogP contribution in [-0.4, -0.2) is 17.3 Å². The highest BCUT2D eigenvalue weighted by molar-refractivity contribution is 5.20. The van der Waals surface area contributed by atoms with E-state index in [0.717, 1.165) is 18.2 Å². The molecule has 16 heavy (non-hydrogen) atoms. The summed E-state index contributed by atoms with van der Waals surface area (Å²) < 4.78 is 25.7. The molecule has 2 atom stereocenters. The van der Waals surface area contributed by atoms with E-state index in [1.165, 1.54) is 0 Å². The van der Waals surface area contributed by atoms with E-state index in [4.69, 9.17) is 11.5 Å². The Balaban J connectivity index is 2.76. The van der Waals surface area contributed by atoms with Crippen LogP contribution in [0, 0.1) is 11.6 Å². The van der Waals surface area contributed by atoms with E-state index < -0.39 is 23.8 Å². The van der Waals surface area contributed by atoms with Gasteiger partial charge < -0.3 is 16.6 Å². The number of hydrogen-bond donors (Lipinski definition) is 3. The number of benzene rings is 1. The standard InChI is InChI=1S/C11H14F2N2O/c1-6(14)11(16)10(15)4-7-2-8(12)5-9(13)3-7/h2-3,5,10-11,16H,1,4,14-15H2/t10-,11+/m0/s1. The highest BCUT2D eigenvalue weighted by atomic mass is 19.1. The Bertz CT molecular complexity index is 375. The first-order chi connectivity index (χ1) is 7.40. The Morgan fingerprint density at radius 3 is 2.25 bits per heavy atom. The van der Waals surface area contributed by atoms with Gasteiger partial charge in [-0.15, -0.1) is 0 Å². The van der Waals surface area contributed by atoms with Crippen LogP contribution in [0.2, 0.25) is 0 Å². The molecule has 0 fully saturated rings. The quantitative estimate of drug-likeness (QED) is 0.709. The van der Waals surface area contributed by atoms with Gasteiger partial charge in [0.05, 0.1) is 0 Å². The minimum Gasteiger partial charge on any atom is -0.400 e. The zero-order valence-corrected chi connectivity index (χ0v) is 8.66. The molecule has 0 saturated carbocycles. The maximum absolute atomic E-state index is 12.9. The van der Waals surface area contributed by atoms with Gasteiger partial charge in [-0.2, -0.15) is 0 Å². The first kappa shape index (κ1) is 12.6. The van der Waals surface area contributed by atoms with Crippen molar-refractivity contribution in [3.63, 3.8) is 0 Å². The van der Waals surface area contributed by atoms with Crippen LogP contribution in [0.1, 0.15) is 5.56 Å². The highest BCUT2D eigenvalue weighted by Gasteiger charge is 2.17. The van der Waals surface area contributed by atoms with Crippen LogP contribution < -0.4 is 11.5 Å². The maximum atomic E-state index is 12.9. The molecule has 1 aromatic rings. The van der Waals surface area contributed by atoms with Crippen LogP contribution in [0.3, 0.4) is 0 Å². The van der Waals surface area contributed by atoms with Gasteiger partial charge in [0.25, 0.3) is 0 Å². The van der Waals surface area contributed by atoms with Gasteiger partial charge in [-0.05, 0) is 24.1 Å². The summed E-state index contributed by atoms with van der Waals surface area (Å²) in [6.45, 7) is 3.35. The van der Waals surface area contributed by atoms with Crippen LogP contribution in [0.15, 0.2) is 30.5 Å². The topological polar surface area (TPSA) is 72.3 Å². The molecule has 1 rings (SSSR count). The zero-order valence-electron chi connectivity index (χ0n) is 8.66. The summed E-state index contributed by atoms with van der Waals surface area (Å²) in [5.74, 6) is -1.36. The van der Waals surface area contributed by atoms with Crippen LogP contribution in [0.4, 0.5) is 8.78 Å². The molecule has 0 unspecified atom stereocenters. The summed E-state index contributed by atoms with van der Waals surface area (Å²) in [5, 5.41) is 9.46. The first-order valence-electron chi connectivity index (χ1n) is 4.73. The van der Waals surface area contributed by atoms with Gasteiger partial charge in [-0.1, -0.05) is 6.58 Å². The minimum atomic E-state index is -1.09. The van der Waals surface area contributed by atoms with Gasteiger partial charge in [0, 0.05) is 17.8 Å². The Morgan fingerprint density at radius 2 is 1.81 bits per heavy atom. The normalized spacial score (nSPS) is 14.5. The third kappa shape index (κ3) is 3.29. The third-order valence-electron chi connectivity index (χ3n) is 2.18. The highest BCUT2D eigenvalue weighted by Crippen LogP contribution is 2.11. The van der Waals surface area contributed by atoms with Crippen molar-refractivity contribution in [2.45, 2.75) is 18.6 Å². The van der Waals surface area contributed by atoms with Crippen LogP contribution >= 0.6 is 0 Å². The lowest BCUT2D eigenvalue weighted by atomic mass is 10.0. The van der Waals surface area contributed by atoms with E-state index in [0.29, 0.717) is 5.56 Å². The van der Waals surface area contributed by atoms with E-state index in [-0.39, 0.29) is 12.1 Å². The summed E-state index contributed by atoms with van der Waals surface area (Å²) in [6, 6.07) is 2.36. The average Bonchev–Trinajstić information content (AvgIpc) is 2.14. The molecule has 5 heteroatoms. The zero-order chi connectivity index (χ0) is 12.3. The molecule has 0 heterocycles. The summed E-state index contributed by atoms with van der Waals surface area (Å²) in [4.78, 5) is 0. The maximum Gasteiger partial charge on any atom is 0.126 e. The largest absolute Gasteiger partial charge is 0.400 e. The molecular formula is C11H14F2N2O. The predicted molar refractivity (Wildman–Crippen MR) is 57.4 cm³/mol. The molecule has 88 valence electrons. The number of halogens is 2. The second kappa shape index (κ2) is 5.05. The summed E-state index contributed by atoms with van der Waals surface area (Å²) in [5.41, 5.74) is 11.3. The number of aliphatic hydroxyl groups excluding tert-OH is 1. The molecule has 1 aromatic carbocycles. The van der Waals surface area contributed by atoms with Crippen LogP contribution in [0.5, 0.6) is 0 Å². The van der Waals surface area contributed by atoms with E-state index in [1.54, 1.807) is 0 Å².